The average molecular weight is 290 g/mol. The third-order valence-electron chi connectivity index (χ3n) is 3.67. The van der Waals surface area contributed by atoms with E-state index in [1.807, 2.05) is 48.1 Å². The van der Waals surface area contributed by atoms with Crippen molar-refractivity contribution in [2.75, 3.05) is 0 Å². The topological polar surface area (TPSA) is 34.9 Å². The summed E-state index contributed by atoms with van der Waals surface area (Å²) in [4.78, 5) is 11.3. The third kappa shape index (κ3) is 2.98. The zero-order chi connectivity index (χ0) is 15.5. The molecule has 0 spiro atoms. The number of hydrogen-bond donors (Lipinski definition) is 0. The molecule has 1 heterocycles. The number of carbonyl (C=O) groups is 1. The predicted octanol–water partition coefficient (Wildman–Crippen LogP) is 4.03. The molecule has 0 saturated heterocycles. The molecule has 3 heteroatoms. The quantitative estimate of drug-likeness (QED) is 0.680. The summed E-state index contributed by atoms with van der Waals surface area (Å²) < 4.78 is 1.83. The first-order valence-electron chi connectivity index (χ1n) is 7.31. The lowest BCUT2D eigenvalue weighted by Crippen LogP contribution is -2.00. The van der Waals surface area contributed by atoms with Gasteiger partial charge >= 0.3 is 0 Å². The second-order valence-electron chi connectivity index (χ2n) is 5.60. The van der Waals surface area contributed by atoms with Crippen molar-refractivity contribution in [1.82, 2.24) is 9.78 Å². The van der Waals surface area contributed by atoms with Gasteiger partial charge in [-0.3, -0.25) is 9.48 Å². The first-order chi connectivity index (χ1) is 10.7. The summed E-state index contributed by atoms with van der Waals surface area (Å²) in [5, 5.41) is 4.59. The van der Waals surface area contributed by atoms with Crippen LogP contribution in [0.2, 0.25) is 0 Å². The van der Waals surface area contributed by atoms with Crippen molar-refractivity contribution in [2.45, 2.75) is 20.4 Å². The van der Waals surface area contributed by atoms with Crippen molar-refractivity contribution in [2.24, 2.45) is 0 Å². The van der Waals surface area contributed by atoms with E-state index in [1.54, 1.807) is 0 Å². The molecular weight excluding hydrogens is 272 g/mol. The molecule has 0 unspecified atom stereocenters. The minimum Gasteiger partial charge on any atom is -0.298 e. The van der Waals surface area contributed by atoms with E-state index >= 15 is 0 Å². The van der Waals surface area contributed by atoms with E-state index in [-0.39, 0.29) is 0 Å². The van der Waals surface area contributed by atoms with Crippen molar-refractivity contribution < 1.29 is 4.79 Å². The van der Waals surface area contributed by atoms with Gasteiger partial charge in [-0.15, -0.1) is 0 Å². The summed E-state index contributed by atoms with van der Waals surface area (Å²) in [5.74, 6) is 0. The molecule has 0 fully saturated rings. The fraction of sp³-hybridized carbons (Fsp3) is 0.158. The highest BCUT2D eigenvalue weighted by Crippen LogP contribution is 2.22. The molecule has 3 nitrogen and oxygen atoms in total. The third-order valence-corrected chi connectivity index (χ3v) is 3.67. The first kappa shape index (κ1) is 14.3. The molecule has 3 rings (SSSR count). The predicted molar refractivity (Wildman–Crippen MR) is 88.1 cm³/mol. The van der Waals surface area contributed by atoms with Crippen LogP contribution in [0.15, 0.2) is 54.7 Å². The summed E-state index contributed by atoms with van der Waals surface area (Å²) in [6.45, 7) is 4.77. The Bertz CT molecular complexity index is 801. The summed E-state index contributed by atoms with van der Waals surface area (Å²) >= 11 is 0. The Morgan fingerprint density at radius 3 is 2.50 bits per heavy atom. The summed E-state index contributed by atoms with van der Waals surface area (Å²) in [6.07, 6.45) is 2.68. The second kappa shape index (κ2) is 5.98. The molecule has 0 amide bonds. The molecule has 0 aliphatic heterocycles. The lowest BCUT2D eigenvalue weighted by Gasteiger charge is -2.03. The fourth-order valence-electron chi connectivity index (χ4n) is 2.54. The van der Waals surface area contributed by atoms with E-state index < -0.39 is 0 Å². The van der Waals surface area contributed by atoms with Gasteiger partial charge in [0.2, 0.25) is 0 Å². The highest BCUT2D eigenvalue weighted by molar-refractivity contribution is 5.85. The van der Waals surface area contributed by atoms with E-state index in [1.165, 1.54) is 16.7 Å². The van der Waals surface area contributed by atoms with Gasteiger partial charge in [-0.1, -0.05) is 59.7 Å². The van der Waals surface area contributed by atoms with Gasteiger partial charge in [0, 0.05) is 11.8 Å². The summed E-state index contributed by atoms with van der Waals surface area (Å²) in [6, 6.07) is 16.4. The van der Waals surface area contributed by atoms with Crippen LogP contribution in [0.5, 0.6) is 0 Å². The molecular formula is C19H18N2O. The highest BCUT2D eigenvalue weighted by Gasteiger charge is 2.10. The molecule has 1 aromatic heterocycles. The lowest BCUT2D eigenvalue weighted by atomic mass is 10.1. The molecule has 0 radical (unpaired) electrons. The Hall–Kier alpha value is -2.68. The molecule has 0 aliphatic rings. The molecule has 3 aromatic rings. The number of benzene rings is 2. The van der Waals surface area contributed by atoms with Crippen LogP contribution in [0, 0.1) is 13.8 Å². The standard InChI is InChI=1S/C19H18N2O/c1-14-6-8-17(9-7-14)19-18(13-22)12-21(20-19)11-16-5-3-4-15(2)10-16/h3-10,12-13H,11H2,1-2H3. The molecule has 0 atom stereocenters. The number of rotatable bonds is 4. The molecule has 0 saturated carbocycles. The number of hydrogen-bond acceptors (Lipinski definition) is 2. The van der Waals surface area contributed by atoms with Crippen LogP contribution in [0.4, 0.5) is 0 Å². The van der Waals surface area contributed by atoms with Gasteiger partial charge in [0.25, 0.3) is 0 Å². The van der Waals surface area contributed by atoms with E-state index in [0.717, 1.165) is 17.5 Å². The van der Waals surface area contributed by atoms with E-state index in [4.69, 9.17) is 0 Å². The van der Waals surface area contributed by atoms with E-state index in [0.29, 0.717) is 12.1 Å². The number of aldehydes is 1. The highest BCUT2D eigenvalue weighted by atomic mass is 16.1. The molecule has 2 aromatic carbocycles. The summed E-state index contributed by atoms with van der Waals surface area (Å²) in [7, 11) is 0. The van der Waals surface area contributed by atoms with Crippen LogP contribution < -0.4 is 0 Å². The van der Waals surface area contributed by atoms with Crippen molar-refractivity contribution >= 4 is 6.29 Å². The Kier molecular flexibility index (Phi) is 3.88. The normalized spacial score (nSPS) is 10.6. The van der Waals surface area contributed by atoms with Gasteiger partial charge < -0.3 is 0 Å². The van der Waals surface area contributed by atoms with Crippen LogP contribution in [-0.4, -0.2) is 16.1 Å². The monoisotopic (exact) mass is 290 g/mol. The second-order valence-corrected chi connectivity index (χ2v) is 5.60. The largest absolute Gasteiger partial charge is 0.298 e. The fourth-order valence-corrected chi connectivity index (χ4v) is 2.54. The van der Waals surface area contributed by atoms with Gasteiger partial charge in [0.05, 0.1) is 12.1 Å². The smallest absolute Gasteiger partial charge is 0.153 e. The summed E-state index contributed by atoms with van der Waals surface area (Å²) in [5.41, 5.74) is 5.92. The Morgan fingerprint density at radius 2 is 1.82 bits per heavy atom. The first-order valence-corrected chi connectivity index (χ1v) is 7.31. The van der Waals surface area contributed by atoms with E-state index in [9.17, 15) is 4.79 Å². The van der Waals surface area contributed by atoms with Gasteiger partial charge in [-0.2, -0.15) is 5.10 Å². The van der Waals surface area contributed by atoms with Crippen LogP contribution in [0.25, 0.3) is 11.3 Å². The van der Waals surface area contributed by atoms with Crippen LogP contribution in [0.1, 0.15) is 27.0 Å². The van der Waals surface area contributed by atoms with Crippen LogP contribution in [0.3, 0.4) is 0 Å². The van der Waals surface area contributed by atoms with Gasteiger partial charge in [-0.05, 0) is 19.4 Å². The minimum atomic E-state index is 0.622. The SMILES string of the molecule is Cc1ccc(-c2nn(Cc3cccc(C)c3)cc2C=O)cc1. The minimum absolute atomic E-state index is 0.622. The number of nitrogens with zero attached hydrogens (tertiary/aromatic N) is 2. The lowest BCUT2D eigenvalue weighted by molar-refractivity contribution is 0.112. The Balaban J connectivity index is 1.94. The van der Waals surface area contributed by atoms with Crippen LogP contribution in [-0.2, 0) is 6.54 Å². The Morgan fingerprint density at radius 1 is 1.05 bits per heavy atom. The van der Waals surface area contributed by atoms with Crippen LogP contribution >= 0.6 is 0 Å². The van der Waals surface area contributed by atoms with Gasteiger partial charge in [0.15, 0.2) is 6.29 Å². The maximum Gasteiger partial charge on any atom is 0.153 e. The molecule has 0 aliphatic carbocycles. The molecule has 22 heavy (non-hydrogen) atoms. The van der Waals surface area contributed by atoms with Crippen molar-refractivity contribution in [1.29, 1.82) is 0 Å². The maximum absolute atomic E-state index is 11.3. The molecule has 0 bridgehead atoms. The van der Waals surface area contributed by atoms with E-state index in [2.05, 4.69) is 30.2 Å². The zero-order valence-electron chi connectivity index (χ0n) is 12.8. The molecule has 0 N–H and O–H groups in total. The maximum atomic E-state index is 11.3. The number of carbonyl (C=O) groups excluding carboxylic acids is 1. The van der Waals surface area contributed by atoms with Gasteiger partial charge in [0.1, 0.15) is 5.69 Å². The number of aromatic nitrogens is 2. The van der Waals surface area contributed by atoms with Crippen molar-refractivity contribution in [3.8, 4) is 11.3 Å². The Labute approximate surface area is 130 Å². The van der Waals surface area contributed by atoms with Crippen molar-refractivity contribution in [3.63, 3.8) is 0 Å². The molecule has 110 valence electrons. The van der Waals surface area contributed by atoms with Crippen molar-refractivity contribution in [3.05, 3.63) is 77.0 Å². The zero-order valence-corrected chi connectivity index (χ0v) is 12.8. The van der Waals surface area contributed by atoms with Gasteiger partial charge in [-0.25, -0.2) is 0 Å². The number of aryl methyl sites for hydroxylation is 2. The average Bonchev–Trinajstić information content (AvgIpc) is 2.91.